The highest BCUT2D eigenvalue weighted by Crippen LogP contribution is 2.27. The van der Waals surface area contributed by atoms with Gasteiger partial charge in [0.1, 0.15) is 6.33 Å². The van der Waals surface area contributed by atoms with Crippen LogP contribution in [0.15, 0.2) is 84.2 Å². The molecule has 0 saturated heterocycles. The van der Waals surface area contributed by atoms with E-state index < -0.39 is 0 Å². The average molecular weight is 519 g/mol. The van der Waals surface area contributed by atoms with Crippen LogP contribution in [-0.2, 0) is 19.4 Å². The van der Waals surface area contributed by atoms with Crippen molar-refractivity contribution in [3.05, 3.63) is 118 Å². The van der Waals surface area contributed by atoms with Crippen molar-refractivity contribution in [2.75, 3.05) is 11.9 Å². The molecular weight excluding hydrogens is 488 g/mol. The second kappa shape index (κ2) is 11.4. The summed E-state index contributed by atoms with van der Waals surface area (Å²) >= 11 is 0. The molecule has 3 heterocycles. The molecule has 1 amide bonds. The van der Waals surface area contributed by atoms with E-state index in [0.717, 1.165) is 39.0 Å². The summed E-state index contributed by atoms with van der Waals surface area (Å²) in [5.74, 6) is -0.203. The van der Waals surface area contributed by atoms with E-state index in [1.807, 2.05) is 68.4 Å². The Morgan fingerprint density at radius 3 is 2.59 bits per heavy atom. The topological polar surface area (TPSA) is 116 Å². The minimum absolute atomic E-state index is 0.119. The Hall–Kier alpha value is -4.69. The monoisotopic (exact) mass is 518 g/mol. The lowest BCUT2D eigenvalue weighted by atomic mass is 9.99. The molecule has 0 unspecified atom stereocenters. The molecule has 0 bridgehead atoms. The molecule has 3 N–H and O–H groups in total. The lowest BCUT2D eigenvalue weighted by Crippen LogP contribution is -2.24. The number of benzene rings is 2. The molecule has 196 valence electrons. The van der Waals surface area contributed by atoms with Gasteiger partial charge in [-0.2, -0.15) is 0 Å². The van der Waals surface area contributed by atoms with Crippen LogP contribution in [-0.4, -0.2) is 32.0 Å². The maximum Gasteiger partial charge on any atom is 0.258 e. The number of amides is 1. The fourth-order valence-corrected chi connectivity index (χ4v) is 4.69. The second-order valence-corrected chi connectivity index (χ2v) is 9.59. The highest BCUT2D eigenvalue weighted by molar-refractivity contribution is 6.04. The van der Waals surface area contributed by atoms with Crippen molar-refractivity contribution in [3.8, 4) is 11.1 Å². The number of carbonyl (C=O) groups is 1. The van der Waals surface area contributed by atoms with Gasteiger partial charge in [0.2, 0.25) is 0 Å². The van der Waals surface area contributed by atoms with Gasteiger partial charge in [-0.15, -0.1) is 0 Å². The normalized spacial score (nSPS) is 11.1. The van der Waals surface area contributed by atoms with Gasteiger partial charge in [-0.1, -0.05) is 23.8 Å². The predicted molar refractivity (Wildman–Crippen MR) is 154 cm³/mol. The van der Waals surface area contributed by atoms with Crippen molar-refractivity contribution in [2.45, 2.75) is 33.2 Å². The number of nitrogens with zero attached hydrogens (tertiary/aromatic N) is 4. The van der Waals surface area contributed by atoms with Gasteiger partial charge in [-0.3, -0.25) is 14.6 Å². The number of carbonyl (C=O) groups excluding carboxylic acids is 1. The Morgan fingerprint density at radius 2 is 1.82 bits per heavy atom. The summed E-state index contributed by atoms with van der Waals surface area (Å²) in [7, 11) is 0. The summed E-state index contributed by atoms with van der Waals surface area (Å²) < 4.78 is 1.78. The zero-order valence-corrected chi connectivity index (χ0v) is 22.0. The molecule has 0 aliphatic heterocycles. The van der Waals surface area contributed by atoms with Crippen LogP contribution >= 0.6 is 0 Å². The number of rotatable bonds is 8. The molecule has 8 nitrogen and oxygen atoms in total. The minimum Gasteiger partial charge on any atom is -0.330 e. The lowest BCUT2D eigenvalue weighted by Gasteiger charge is -2.16. The van der Waals surface area contributed by atoms with Crippen molar-refractivity contribution >= 4 is 22.5 Å². The summed E-state index contributed by atoms with van der Waals surface area (Å²) in [5.41, 5.74) is 12.6. The van der Waals surface area contributed by atoms with Gasteiger partial charge in [0, 0.05) is 65.4 Å². The van der Waals surface area contributed by atoms with Crippen LogP contribution in [0.2, 0.25) is 0 Å². The molecule has 0 spiro atoms. The Balaban J connectivity index is 1.57. The Labute approximate surface area is 226 Å². The predicted octanol–water partition coefficient (Wildman–Crippen LogP) is 4.47. The highest BCUT2D eigenvalue weighted by atomic mass is 16.1. The van der Waals surface area contributed by atoms with Crippen LogP contribution in [0.5, 0.6) is 0 Å². The number of hydrogen-bond acceptors (Lipinski definition) is 6. The number of nitrogens with two attached hydrogens (primary N) is 1. The molecule has 5 rings (SSSR count). The molecule has 39 heavy (non-hydrogen) atoms. The molecular formula is C31H30N6O2. The Kier molecular flexibility index (Phi) is 7.56. The van der Waals surface area contributed by atoms with Crippen molar-refractivity contribution in [1.29, 1.82) is 0 Å². The SMILES string of the molecule is Cc1cccc(C(=O)Nc2ccc(C)c(-c3cc4cnc(CCN)cc4n(CCc4ccncn4)c3=O)c2)c1. The van der Waals surface area contributed by atoms with Gasteiger partial charge < -0.3 is 15.6 Å². The smallest absolute Gasteiger partial charge is 0.258 e. The first-order chi connectivity index (χ1) is 18.9. The fraction of sp³-hybridized carbons (Fsp3) is 0.194. The highest BCUT2D eigenvalue weighted by Gasteiger charge is 2.16. The van der Waals surface area contributed by atoms with Gasteiger partial charge in [0.25, 0.3) is 11.5 Å². The zero-order chi connectivity index (χ0) is 27.4. The van der Waals surface area contributed by atoms with Gasteiger partial charge in [-0.25, -0.2) is 9.97 Å². The molecule has 2 aromatic carbocycles. The molecule has 0 radical (unpaired) electrons. The second-order valence-electron chi connectivity index (χ2n) is 9.59. The maximum absolute atomic E-state index is 14.0. The molecule has 5 aromatic rings. The largest absolute Gasteiger partial charge is 0.330 e. The molecule has 8 heteroatoms. The van der Waals surface area contributed by atoms with Crippen molar-refractivity contribution < 1.29 is 4.79 Å². The first kappa shape index (κ1) is 25.9. The number of hydrogen-bond donors (Lipinski definition) is 2. The van der Waals surface area contributed by atoms with Gasteiger partial charge in [0.05, 0.1) is 5.52 Å². The van der Waals surface area contributed by atoms with Gasteiger partial charge in [-0.05, 0) is 74.0 Å². The zero-order valence-electron chi connectivity index (χ0n) is 22.0. The molecule has 0 fully saturated rings. The first-order valence-corrected chi connectivity index (χ1v) is 12.9. The summed E-state index contributed by atoms with van der Waals surface area (Å²) in [6.45, 7) is 4.82. The van der Waals surface area contributed by atoms with Crippen LogP contribution in [0.25, 0.3) is 22.0 Å². The molecule has 0 atom stereocenters. The lowest BCUT2D eigenvalue weighted by molar-refractivity contribution is 0.102. The molecule has 3 aromatic heterocycles. The molecule has 0 aliphatic carbocycles. The number of pyridine rings is 2. The Morgan fingerprint density at radius 1 is 0.949 bits per heavy atom. The Bertz CT molecular complexity index is 1710. The minimum atomic E-state index is -0.203. The number of anilines is 1. The summed E-state index contributed by atoms with van der Waals surface area (Å²) in [5, 5.41) is 3.82. The quantitative estimate of drug-likeness (QED) is 0.313. The van der Waals surface area contributed by atoms with E-state index in [9.17, 15) is 9.59 Å². The average Bonchev–Trinajstić information content (AvgIpc) is 2.94. The van der Waals surface area contributed by atoms with E-state index in [1.54, 1.807) is 23.0 Å². The third-order valence-corrected chi connectivity index (χ3v) is 6.74. The third-order valence-electron chi connectivity index (χ3n) is 6.74. The summed E-state index contributed by atoms with van der Waals surface area (Å²) in [6.07, 6.45) is 6.20. The third kappa shape index (κ3) is 5.76. The summed E-state index contributed by atoms with van der Waals surface area (Å²) in [4.78, 5) is 39.8. The maximum atomic E-state index is 14.0. The molecule has 0 aliphatic rings. The fourth-order valence-electron chi connectivity index (χ4n) is 4.69. The van der Waals surface area contributed by atoms with E-state index in [2.05, 4.69) is 20.3 Å². The number of fused-ring (bicyclic) bond motifs is 1. The van der Waals surface area contributed by atoms with E-state index in [4.69, 9.17) is 5.73 Å². The van der Waals surface area contributed by atoms with E-state index in [1.165, 1.54) is 6.33 Å². The van der Waals surface area contributed by atoms with Crippen LogP contribution < -0.4 is 16.6 Å². The number of nitrogens with one attached hydrogen (secondary N) is 1. The van der Waals surface area contributed by atoms with Crippen LogP contribution in [0.4, 0.5) is 5.69 Å². The van der Waals surface area contributed by atoms with Crippen LogP contribution in [0.1, 0.15) is 32.9 Å². The van der Waals surface area contributed by atoms with Crippen molar-refractivity contribution in [2.24, 2.45) is 5.73 Å². The number of aryl methyl sites for hydroxylation is 4. The number of aromatic nitrogens is 4. The van der Waals surface area contributed by atoms with Crippen molar-refractivity contribution in [3.63, 3.8) is 0 Å². The van der Waals surface area contributed by atoms with E-state index in [0.29, 0.717) is 42.7 Å². The van der Waals surface area contributed by atoms with Gasteiger partial charge in [0.15, 0.2) is 0 Å². The van der Waals surface area contributed by atoms with Crippen LogP contribution in [0, 0.1) is 13.8 Å². The summed E-state index contributed by atoms with van der Waals surface area (Å²) in [6, 6.07) is 18.7. The van der Waals surface area contributed by atoms with E-state index in [-0.39, 0.29) is 11.5 Å². The van der Waals surface area contributed by atoms with Gasteiger partial charge >= 0.3 is 0 Å². The van der Waals surface area contributed by atoms with Crippen LogP contribution in [0.3, 0.4) is 0 Å². The van der Waals surface area contributed by atoms with E-state index >= 15 is 0 Å². The molecule has 0 saturated carbocycles. The standard InChI is InChI=1S/C31H30N6O2/c1-20-4-3-5-22(14-20)30(38)36-26-7-6-21(2)27(16-26)28-15-23-18-34-25(8-11-32)17-29(23)37(31(28)39)13-10-24-9-12-33-19-35-24/h3-7,9,12,14-19H,8,10-11,13,32H2,1-2H3,(H,36,38). The first-order valence-electron chi connectivity index (χ1n) is 12.9. The van der Waals surface area contributed by atoms with Crippen molar-refractivity contribution in [1.82, 2.24) is 19.5 Å².